The van der Waals surface area contributed by atoms with E-state index < -0.39 is 0 Å². The van der Waals surface area contributed by atoms with E-state index in [2.05, 4.69) is 244 Å². The monoisotopic (exact) mass is 702 g/mol. The maximum absolute atomic E-state index is 2.30. The summed E-state index contributed by atoms with van der Waals surface area (Å²) in [5, 5.41) is 2.49. The number of fused-ring (bicyclic) bond motifs is 1. The molecule has 0 aliphatic heterocycles. The van der Waals surface area contributed by atoms with Crippen LogP contribution in [0.5, 0.6) is 0 Å². The van der Waals surface area contributed by atoms with E-state index >= 15 is 0 Å². The molecule has 0 saturated heterocycles. The van der Waals surface area contributed by atoms with E-state index in [0.29, 0.717) is 0 Å². The first-order chi connectivity index (χ1) is 27.2. The Bertz CT molecular complexity index is 2540. The third kappa shape index (κ3) is 8.62. The minimum Gasteiger partial charge on any atom is -0.0622 e. The lowest BCUT2D eigenvalue weighted by atomic mass is 9.94. The van der Waals surface area contributed by atoms with Gasteiger partial charge in [0.15, 0.2) is 0 Å². The standard InChI is InChI=1S/C55H42/c1-41-22-33-51-36-35-50(34-31-42-23-27-44(28-24-42)39-53(46-14-6-2-7-15-46)47-16-8-3-9-17-47)52(55(51)38-41)37-32-43-25-29-45(30-26-43)40-54(48-18-10-4-11-19-48)49-20-12-5-13-21-49/h2-40H,1H3/b34-31-,37-32-. The van der Waals surface area contributed by atoms with Crippen LogP contribution in [-0.4, -0.2) is 0 Å². The van der Waals surface area contributed by atoms with Gasteiger partial charge in [-0.3, -0.25) is 0 Å². The molecule has 8 rings (SSSR count). The molecule has 0 aliphatic rings. The third-order valence-electron chi connectivity index (χ3n) is 9.98. The zero-order valence-electron chi connectivity index (χ0n) is 31.0. The molecule has 0 radical (unpaired) electrons. The van der Waals surface area contributed by atoms with Crippen molar-refractivity contribution in [2.24, 2.45) is 0 Å². The van der Waals surface area contributed by atoms with Crippen LogP contribution in [0.4, 0.5) is 0 Å². The molecule has 0 spiro atoms. The largest absolute Gasteiger partial charge is 0.0622 e. The predicted octanol–water partition coefficient (Wildman–Crippen LogP) is 14.7. The molecule has 0 aromatic heterocycles. The Morgan fingerprint density at radius 3 is 1.16 bits per heavy atom. The quantitative estimate of drug-likeness (QED) is 0.124. The van der Waals surface area contributed by atoms with Crippen LogP contribution in [0, 0.1) is 6.92 Å². The zero-order valence-corrected chi connectivity index (χ0v) is 31.0. The highest BCUT2D eigenvalue weighted by atomic mass is 14.1. The van der Waals surface area contributed by atoms with Gasteiger partial charge in [0.25, 0.3) is 0 Å². The van der Waals surface area contributed by atoms with Crippen LogP contribution in [0.15, 0.2) is 200 Å². The summed E-state index contributed by atoms with van der Waals surface area (Å²) in [6.45, 7) is 2.16. The first-order valence-corrected chi connectivity index (χ1v) is 18.9. The topological polar surface area (TPSA) is 0 Å². The lowest BCUT2D eigenvalue weighted by Gasteiger charge is -2.10. The Labute approximate surface area is 325 Å². The molecule has 0 heteroatoms. The second-order valence-electron chi connectivity index (χ2n) is 13.9. The lowest BCUT2D eigenvalue weighted by molar-refractivity contribution is 1.50. The molecule has 8 aromatic carbocycles. The second-order valence-corrected chi connectivity index (χ2v) is 13.9. The van der Waals surface area contributed by atoms with Gasteiger partial charge in [0.2, 0.25) is 0 Å². The lowest BCUT2D eigenvalue weighted by Crippen LogP contribution is -1.88. The number of rotatable bonds is 10. The summed E-state index contributed by atoms with van der Waals surface area (Å²) in [6, 6.07) is 71.3. The highest BCUT2D eigenvalue weighted by Gasteiger charge is 2.08. The van der Waals surface area contributed by atoms with E-state index in [9.17, 15) is 0 Å². The summed E-state index contributed by atoms with van der Waals surface area (Å²) in [5.74, 6) is 0. The van der Waals surface area contributed by atoms with Crippen LogP contribution in [0.3, 0.4) is 0 Å². The van der Waals surface area contributed by atoms with Crippen molar-refractivity contribution in [2.45, 2.75) is 6.92 Å². The van der Waals surface area contributed by atoms with E-state index in [1.807, 2.05) is 0 Å². The average Bonchev–Trinajstić information content (AvgIpc) is 3.25. The summed E-state index contributed by atoms with van der Waals surface area (Å²) in [6.07, 6.45) is 13.5. The Kier molecular flexibility index (Phi) is 10.7. The molecule has 0 saturated carbocycles. The van der Waals surface area contributed by atoms with Crippen molar-refractivity contribution >= 4 is 58.4 Å². The summed E-state index contributed by atoms with van der Waals surface area (Å²) >= 11 is 0. The van der Waals surface area contributed by atoms with E-state index in [0.717, 1.165) is 11.1 Å². The van der Waals surface area contributed by atoms with Crippen molar-refractivity contribution in [3.63, 3.8) is 0 Å². The van der Waals surface area contributed by atoms with Crippen molar-refractivity contribution < 1.29 is 0 Å². The number of hydrogen-bond donors (Lipinski definition) is 0. The van der Waals surface area contributed by atoms with Gasteiger partial charge >= 0.3 is 0 Å². The van der Waals surface area contributed by atoms with Gasteiger partial charge in [0, 0.05) is 0 Å². The molecule has 0 unspecified atom stereocenters. The summed E-state index contributed by atoms with van der Waals surface area (Å²) in [7, 11) is 0. The molecule has 0 bridgehead atoms. The van der Waals surface area contributed by atoms with Crippen LogP contribution in [0.2, 0.25) is 0 Å². The van der Waals surface area contributed by atoms with Crippen molar-refractivity contribution in [2.75, 3.05) is 0 Å². The van der Waals surface area contributed by atoms with E-state index in [1.54, 1.807) is 0 Å². The molecule has 0 N–H and O–H groups in total. The fourth-order valence-electron chi connectivity index (χ4n) is 7.05. The molecule has 0 amide bonds. The molecule has 0 aliphatic carbocycles. The molecule has 0 atom stereocenters. The molecular weight excluding hydrogens is 661 g/mol. The Morgan fingerprint density at radius 1 is 0.345 bits per heavy atom. The van der Waals surface area contributed by atoms with Gasteiger partial charge < -0.3 is 0 Å². The Morgan fingerprint density at radius 2 is 0.727 bits per heavy atom. The molecule has 0 nitrogen and oxygen atoms in total. The van der Waals surface area contributed by atoms with E-state index in [-0.39, 0.29) is 0 Å². The maximum atomic E-state index is 2.30. The molecule has 262 valence electrons. The smallest absolute Gasteiger partial charge is 0.0103 e. The molecule has 0 heterocycles. The van der Waals surface area contributed by atoms with Crippen LogP contribution in [-0.2, 0) is 0 Å². The highest BCUT2D eigenvalue weighted by Crippen LogP contribution is 2.30. The van der Waals surface area contributed by atoms with Gasteiger partial charge in [-0.05, 0) is 96.6 Å². The van der Waals surface area contributed by atoms with Crippen LogP contribution in [0.25, 0.3) is 58.4 Å². The van der Waals surface area contributed by atoms with Crippen LogP contribution >= 0.6 is 0 Å². The summed E-state index contributed by atoms with van der Waals surface area (Å²) in [4.78, 5) is 0. The van der Waals surface area contributed by atoms with Crippen molar-refractivity contribution in [3.8, 4) is 0 Å². The van der Waals surface area contributed by atoms with E-state index in [1.165, 1.54) is 72.0 Å². The summed E-state index contributed by atoms with van der Waals surface area (Å²) < 4.78 is 0. The number of aryl methyl sites for hydroxylation is 1. The number of hydrogen-bond acceptors (Lipinski definition) is 0. The van der Waals surface area contributed by atoms with Gasteiger partial charge in [0.05, 0.1) is 0 Å². The van der Waals surface area contributed by atoms with Gasteiger partial charge in [-0.15, -0.1) is 0 Å². The van der Waals surface area contributed by atoms with Crippen LogP contribution in [0.1, 0.15) is 61.2 Å². The van der Waals surface area contributed by atoms with Gasteiger partial charge in [-0.2, -0.15) is 0 Å². The molecular formula is C55H42. The highest BCUT2D eigenvalue weighted by molar-refractivity contribution is 5.98. The van der Waals surface area contributed by atoms with E-state index in [4.69, 9.17) is 0 Å². The fourth-order valence-corrected chi connectivity index (χ4v) is 7.05. The van der Waals surface area contributed by atoms with Crippen LogP contribution < -0.4 is 0 Å². The predicted molar refractivity (Wildman–Crippen MR) is 239 cm³/mol. The first-order valence-electron chi connectivity index (χ1n) is 18.9. The summed E-state index contributed by atoms with van der Waals surface area (Å²) in [5.41, 5.74) is 15.6. The van der Waals surface area contributed by atoms with Crippen molar-refractivity contribution in [1.82, 2.24) is 0 Å². The van der Waals surface area contributed by atoms with Crippen molar-refractivity contribution in [3.05, 3.63) is 261 Å². The fraction of sp³-hybridized carbons (Fsp3) is 0.0182. The normalized spacial score (nSPS) is 11.2. The minimum absolute atomic E-state index is 1.16. The first kappa shape index (κ1) is 35.0. The zero-order chi connectivity index (χ0) is 37.2. The van der Waals surface area contributed by atoms with Crippen molar-refractivity contribution in [1.29, 1.82) is 0 Å². The maximum Gasteiger partial charge on any atom is -0.0103 e. The molecule has 0 fully saturated rings. The molecule has 55 heavy (non-hydrogen) atoms. The Hall–Kier alpha value is -7.02. The second kappa shape index (κ2) is 16.8. The molecule has 8 aromatic rings. The number of benzene rings is 8. The van der Waals surface area contributed by atoms with Gasteiger partial charge in [-0.25, -0.2) is 0 Å². The minimum atomic E-state index is 1.16. The van der Waals surface area contributed by atoms with Gasteiger partial charge in [0.1, 0.15) is 0 Å². The average molecular weight is 703 g/mol. The SMILES string of the molecule is Cc1ccc2ccc(/C=C\c3ccc(C=C(c4ccccc4)c4ccccc4)cc3)c(/C=C\c3ccc(C=C(c4ccccc4)c4ccccc4)cc3)c2c1. The third-order valence-corrected chi connectivity index (χ3v) is 9.98. The van der Waals surface area contributed by atoms with Gasteiger partial charge in [-0.1, -0.05) is 230 Å². The Balaban J connectivity index is 1.07.